The normalized spacial score (nSPS) is 19.6. The minimum atomic E-state index is -0.663. The molecule has 5 nitrogen and oxygen atoms in total. The fraction of sp³-hybridized carbons (Fsp3) is 0.450. The van der Waals surface area contributed by atoms with E-state index in [1.807, 2.05) is 26.0 Å². The van der Waals surface area contributed by atoms with Gasteiger partial charge in [-0.15, -0.1) is 0 Å². The summed E-state index contributed by atoms with van der Waals surface area (Å²) >= 11 is 0. The Morgan fingerprint density at radius 3 is 2.68 bits per heavy atom. The van der Waals surface area contributed by atoms with Crippen LogP contribution in [0.1, 0.15) is 61.2 Å². The highest BCUT2D eigenvalue weighted by Gasteiger charge is 2.39. The number of fused-ring (bicyclic) bond motifs is 1. The number of carbonyl (C=O) groups excluding carboxylic acids is 1. The summed E-state index contributed by atoms with van der Waals surface area (Å²) in [5, 5.41) is 21.0. The highest BCUT2D eigenvalue weighted by Crippen LogP contribution is 2.44. The first kappa shape index (κ1) is 19.1. The van der Waals surface area contributed by atoms with Crippen LogP contribution in [0, 0.1) is 0 Å². The van der Waals surface area contributed by atoms with Crippen LogP contribution in [0.2, 0.25) is 0 Å². The van der Waals surface area contributed by atoms with Gasteiger partial charge >= 0.3 is 5.97 Å². The summed E-state index contributed by atoms with van der Waals surface area (Å²) in [7, 11) is 1.49. The van der Waals surface area contributed by atoms with Crippen molar-refractivity contribution < 1.29 is 24.5 Å². The van der Waals surface area contributed by atoms with Crippen molar-refractivity contribution >= 4 is 5.97 Å². The van der Waals surface area contributed by atoms with Crippen LogP contribution >= 0.6 is 0 Å². The predicted molar refractivity (Wildman–Crippen MR) is 95.9 cm³/mol. The summed E-state index contributed by atoms with van der Waals surface area (Å²) in [4.78, 5) is 12.5. The van der Waals surface area contributed by atoms with Crippen molar-refractivity contribution in [3.63, 3.8) is 0 Å². The maximum atomic E-state index is 12.5. The van der Waals surface area contributed by atoms with E-state index in [9.17, 15) is 15.0 Å². The zero-order chi connectivity index (χ0) is 18.6. The number of rotatable bonds is 6. The molecular formula is C20H26O5. The number of allylic oxidation sites excluding steroid dienone is 3. The molecule has 0 aliphatic carbocycles. The molecule has 5 heteroatoms. The topological polar surface area (TPSA) is 76.0 Å². The third-order valence-corrected chi connectivity index (χ3v) is 4.19. The number of carbonyl (C=O) groups is 1. The summed E-state index contributed by atoms with van der Waals surface area (Å²) in [5.41, 5.74) is 1.83. The minimum absolute atomic E-state index is 0.0100. The van der Waals surface area contributed by atoms with E-state index in [0.29, 0.717) is 12.0 Å². The maximum Gasteiger partial charge on any atom is 0.343 e. The van der Waals surface area contributed by atoms with Crippen LogP contribution in [0.25, 0.3) is 0 Å². The Morgan fingerprint density at radius 1 is 1.36 bits per heavy atom. The standard InChI is InChI=1S/C20H26O5/c1-5-6-7-8-15-19(24-4)16-14(21)11-13(10-9-12(2)3)18(22)17(16)20(23)25-15/h7-9,11,15,19,21-22H,5-6,10H2,1-4H3/b8-7+/t15-,19+/m1/s1. The Labute approximate surface area is 148 Å². The van der Waals surface area contributed by atoms with Gasteiger partial charge in [0.25, 0.3) is 0 Å². The van der Waals surface area contributed by atoms with Gasteiger partial charge in [0.15, 0.2) is 6.10 Å². The average Bonchev–Trinajstić information content (AvgIpc) is 2.56. The molecule has 0 unspecified atom stereocenters. The Kier molecular flexibility index (Phi) is 6.26. The van der Waals surface area contributed by atoms with Gasteiger partial charge in [-0.1, -0.05) is 31.1 Å². The summed E-state index contributed by atoms with van der Waals surface area (Å²) < 4.78 is 10.9. The van der Waals surface area contributed by atoms with Gasteiger partial charge in [0.05, 0.1) is 0 Å². The molecule has 1 heterocycles. The molecule has 1 aromatic carbocycles. The average molecular weight is 346 g/mol. The fourth-order valence-electron chi connectivity index (χ4n) is 2.89. The Morgan fingerprint density at radius 2 is 2.08 bits per heavy atom. The minimum Gasteiger partial charge on any atom is -0.508 e. The molecule has 2 atom stereocenters. The van der Waals surface area contributed by atoms with Gasteiger partial charge in [0.1, 0.15) is 23.2 Å². The lowest BCUT2D eigenvalue weighted by atomic mass is 9.90. The van der Waals surface area contributed by atoms with E-state index in [1.165, 1.54) is 13.2 Å². The first-order valence-electron chi connectivity index (χ1n) is 8.52. The zero-order valence-corrected chi connectivity index (χ0v) is 15.2. The van der Waals surface area contributed by atoms with Gasteiger partial charge < -0.3 is 19.7 Å². The van der Waals surface area contributed by atoms with Crippen molar-refractivity contribution in [3.8, 4) is 11.5 Å². The number of phenolic OH excluding ortho intramolecular Hbond substituents is 2. The molecule has 0 amide bonds. The molecule has 0 spiro atoms. The number of cyclic esters (lactones) is 1. The highest BCUT2D eigenvalue weighted by molar-refractivity contribution is 5.97. The molecular weight excluding hydrogens is 320 g/mol. The monoisotopic (exact) mass is 346 g/mol. The van der Waals surface area contributed by atoms with Gasteiger partial charge in [0, 0.05) is 18.2 Å². The fourth-order valence-corrected chi connectivity index (χ4v) is 2.89. The van der Waals surface area contributed by atoms with Crippen LogP contribution in [0.3, 0.4) is 0 Å². The number of unbranched alkanes of at least 4 members (excludes halogenated alkanes) is 1. The number of hydrogen-bond donors (Lipinski definition) is 2. The third kappa shape index (κ3) is 4.04. The van der Waals surface area contributed by atoms with E-state index in [2.05, 4.69) is 6.92 Å². The molecule has 1 aromatic rings. The quantitative estimate of drug-likeness (QED) is 0.459. The zero-order valence-electron chi connectivity index (χ0n) is 15.2. The number of benzene rings is 1. The lowest BCUT2D eigenvalue weighted by Crippen LogP contribution is -2.32. The Bertz CT molecular complexity index is 699. The number of methoxy groups -OCH3 is 1. The smallest absolute Gasteiger partial charge is 0.343 e. The molecule has 0 saturated heterocycles. The first-order chi connectivity index (χ1) is 11.9. The van der Waals surface area contributed by atoms with E-state index in [-0.39, 0.29) is 22.6 Å². The molecule has 1 aliphatic heterocycles. The van der Waals surface area contributed by atoms with Crippen LogP contribution in [0.4, 0.5) is 0 Å². The Hall–Kier alpha value is -2.27. The predicted octanol–water partition coefficient (Wildman–Crippen LogP) is 4.19. The molecule has 25 heavy (non-hydrogen) atoms. The second-order valence-corrected chi connectivity index (χ2v) is 6.42. The van der Waals surface area contributed by atoms with E-state index >= 15 is 0 Å². The van der Waals surface area contributed by atoms with Gasteiger partial charge in [0.2, 0.25) is 0 Å². The van der Waals surface area contributed by atoms with Gasteiger partial charge in [-0.05, 0) is 38.8 Å². The maximum absolute atomic E-state index is 12.5. The SMILES string of the molecule is CCC/C=C/[C@H]1OC(=O)c2c(O)c(CC=C(C)C)cc(O)c2[C@H]1OC. The summed E-state index contributed by atoms with van der Waals surface area (Å²) in [6.45, 7) is 5.94. The molecule has 2 rings (SSSR count). The summed E-state index contributed by atoms with van der Waals surface area (Å²) in [6.07, 6.45) is 6.57. The molecule has 2 N–H and O–H groups in total. The second-order valence-electron chi connectivity index (χ2n) is 6.42. The third-order valence-electron chi connectivity index (χ3n) is 4.19. The molecule has 0 fully saturated rings. The lowest BCUT2D eigenvalue weighted by Gasteiger charge is -2.31. The van der Waals surface area contributed by atoms with E-state index in [1.54, 1.807) is 6.08 Å². The number of hydrogen-bond acceptors (Lipinski definition) is 5. The Balaban J connectivity index is 2.50. The first-order valence-corrected chi connectivity index (χ1v) is 8.52. The highest BCUT2D eigenvalue weighted by atomic mass is 16.6. The van der Waals surface area contributed by atoms with Crippen molar-refractivity contribution in [3.05, 3.63) is 46.6 Å². The summed E-state index contributed by atoms with van der Waals surface area (Å²) in [6, 6.07) is 1.49. The van der Waals surface area contributed by atoms with Crippen LogP contribution in [0.5, 0.6) is 11.5 Å². The van der Waals surface area contributed by atoms with Crippen LogP contribution < -0.4 is 0 Å². The van der Waals surface area contributed by atoms with Crippen molar-refractivity contribution in [1.29, 1.82) is 0 Å². The van der Waals surface area contributed by atoms with Gasteiger partial charge in [-0.25, -0.2) is 4.79 Å². The van der Waals surface area contributed by atoms with E-state index in [4.69, 9.17) is 9.47 Å². The van der Waals surface area contributed by atoms with Gasteiger partial charge in [-0.3, -0.25) is 0 Å². The lowest BCUT2D eigenvalue weighted by molar-refractivity contribution is -0.0293. The van der Waals surface area contributed by atoms with Crippen molar-refractivity contribution in [2.24, 2.45) is 0 Å². The van der Waals surface area contributed by atoms with E-state index < -0.39 is 18.2 Å². The van der Waals surface area contributed by atoms with Gasteiger partial charge in [-0.2, -0.15) is 0 Å². The number of phenols is 2. The molecule has 0 bridgehead atoms. The second kappa shape index (κ2) is 8.21. The number of ether oxygens (including phenoxy) is 2. The molecule has 0 aromatic heterocycles. The van der Waals surface area contributed by atoms with Crippen molar-refractivity contribution in [1.82, 2.24) is 0 Å². The molecule has 0 saturated carbocycles. The molecule has 136 valence electrons. The van der Waals surface area contributed by atoms with Crippen LogP contribution in [0.15, 0.2) is 29.9 Å². The van der Waals surface area contributed by atoms with Crippen LogP contribution in [-0.2, 0) is 15.9 Å². The van der Waals surface area contributed by atoms with Crippen molar-refractivity contribution in [2.45, 2.75) is 52.2 Å². The van der Waals surface area contributed by atoms with Crippen molar-refractivity contribution in [2.75, 3.05) is 7.11 Å². The summed E-state index contributed by atoms with van der Waals surface area (Å²) in [5.74, 6) is -0.878. The number of aromatic hydroxyl groups is 2. The number of esters is 1. The van der Waals surface area contributed by atoms with Crippen LogP contribution in [-0.4, -0.2) is 29.4 Å². The molecule has 1 aliphatic rings. The largest absolute Gasteiger partial charge is 0.508 e. The van der Waals surface area contributed by atoms with E-state index in [0.717, 1.165) is 18.4 Å². The molecule has 0 radical (unpaired) electrons.